The van der Waals surface area contributed by atoms with Crippen LogP contribution >= 0.6 is 0 Å². The molecule has 2 aromatic carbocycles. The lowest BCUT2D eigenvalue weighted by Gasteiger charge is -2.15. The van der Waals surface area contributed by atoms with E-state index >= 15 is 0 Å². The van der Waals surface area contributed by atoms with Gasteiger partial charge >= 0.3 is 6.03 Å². The Labute approximate surface area is 149 Å². The van der Waals surface area contributed by atoms with E-state index in [-0.39, 0.29) is 18.7 Å². The molecule has 0 saturated heterocycles. The lowest BCUT2D eigenvalue weighted by molar-refractivity contribution is 0.220. The van der Waals surface area contributed by atoms with Gasteiger partial charge in [0, 0.05) is 13.1 Å². The maximum atomic E-state index is 11.8. The molecule has 5 nitrogen and oxygen atoms in total. The molecule has 5 heteroatoms. The highest BCUT2D eigenvalue weighted by molar-refractivity contribution is 5.75. The molecule has 1 atom stereocenters. The van der Waals surface area contributed by atoms with Crippen LogP contribution in [0.25, 0.3) is 11.1 Å². The number of rotatable bonds is 7. The van der Waals surface area contributed by atoms with Crippen LogP contribution in [0.2, 0.25) is 0 Å². The van der Waals surface area contributed by atoms with E-state index in [0.29, 0.717) is 6.54 Å². The van der Waals surface area contributed by atoms with Crippen LogP contribution in [0, 0.1) is 0 Å². The zero-order chi connectivity index (χ0) is 18.2. The standard InChI is InChI=1S/C20H27N3O2/c1-15(14-24)22-20(25)21-12-18-6-4-5-7-19(18)17-10-8-16(9-11-17)13-23(2)3/h4-11,15,24H,12-14H2,1-3H3,(H2,21,22,25). The van der Waals surface area contributed by atoms with Gasteiger partial charge in [0.05, 0.1) is 12.6 Å². The van der Waals surface area contributed by atoms with Crippen LogP contribution in [0.5, 0.6) is 0 Å². The van der Waals surface area contributed by atoms with Gasteiger partial charge in [0.25, 0.3) is 0 Å². The van der Waals surface area contributed by atoms with Gasteiger partial charge in [-0.2, -0.15) is 0 Å². The predicted molar refractivity (Wildman–Crippen MR) is 101 cm³/mol. The molecular formula is C20H27N3O2. The molecule has 0 bridgehead atoms. The summed E-state index contributed by atoms with van der Waals surface area (Å²) >= 11 is 0. The molecule has 0 heterocycles. The fourth-order valence-corrected chi connectivity index (χ4v) is 2.61. The number of hydrogen-bond acceptors (Lipinski definition) is 3. The van der Waals surface area contributed by atoms with Crippen molar-refractivity contribution < 1.29 is 9.90 Å². The van der Waals surface area contributed by atoms with Gasteiger partial charge in [-0.05, 0) is 43.3 Å². The van der Waals surface area contributed by atoms with E-state index in [1.54, 1.807) is 6.92 Å². The second-order valence-corrected chi connectivity index (χ2v) is 6.50. The minimum absolute atomic E-state index is 0.0801. The van der Waals surface area contributed by atoms with Crippen LogP contribution in [-0.2, 0) is 13.1 Å². The highest BCUT2D eigenvalue weighted by atomic mass is 16.3. The van der Waals surface area contributed by atoms with Crippen LogP contribution in [-0.4, -0.2) is 42.8 Å². The summed E-state index contributed by atoms with van der Waals surface area (Å²) < 4.78 is 0. The topological polar surface area (TPSA) is 64.6 Å². The molecule has 25 heavy (non-hydrogen) atoms. The van der Waals surface area contributed by atoms with Crippen LogP contribution in [0.1, 0.15) is 18.1 Å². The fraction of sp³-hybridized carbons (Fsp3) is 0.350. The lowest BCUT2D eigenvalue weighted by atomic mass is 9.98. The van der Waals surface area contributed by atoms with Crippen molar-refractivity contribution in [2.45, 2.75) is 26.1 Å². The maximum absolute atomic E-state index is 11.8. The van der Waals surface area contributed by atoms with E-state index in [2.05, 4.69) is 60.0 Å². The predicted octanol–water partition coefficient (Wildman–Crippen LogP) is 2.60. The molecule has 0 radical (unpaired) electrons. The minimum atomic E-state index is -0.280. The third-order valence-electron chi connectivity index (χ3n) is 3.87. The Hall–Kier alpha value is -2.37. The van der Waals surface area contributed by atoms with Gasteiger partial charge in [-0.3, -0.25) is 0 Å². The first-order valence-corrected chi connectivity index (χ1v) is 8.46. The largest absolute Gasteiger partial charge is 0.394 e. The molecular weight excluding hydrogens is 314 g/mol. The average molecular weight is 341 g/mol. The molecule has 0 aliphatic rings. The molecule has 134 valence electrons. The number of aliphatic hydroxyl groups excluding tert-OH is 1. The summed E-state index contributed by atoms with van der Waals surface area (Å²) in [7, 11) is 4.11. The maximum Gasteiger partial charge on any atom is 0.315 e. The van der Waals surface area contributed by atoms with Gasteiger partial charge in [-0.25, -0.2) is 4.79 Å². The van der Waals surface area contributed by atoms with E-state index in [4.69, 9.17) is 5.11 Å². The van der Waals surface area contributed by atoms with Crippen molar-refractivity contribution in [2.75, 3.05) is 20.7 Å². The van der Waals surface area contributed by atoms with Gasteiger partial charge in [0.15, 0.2) is 0 Å². The van der Waals surface area contributed by atoms with Gasteiger partial charge in [0.1, 0.15) is 0 Å². The summed E-state index contributed by atoms with van der Waals surface area (Å²) in [6.45, 7) is 3.01. The molecule has 0 fully saturated rings. The van der Waals surface area contributed by atoms with Gasteiger partial charge < -0.3 is 20.6 Å². The molecule has 0 aliphatic heterocycles. The normalized spacial score (nSPS) is 12.0. The Morgan fingerprint density at radius 2 is 1.80 bits per heavy atom. The van der Waals surface area contributed by atoms with Gasteiger partial charge in [-0.1, -0.05) is 48.5 Å². The molecule has 2 aromatic rings. The molecule has 2 amide bonds. The number of nitrogens with zero attached hydrogens (tertiary/aromatic N) is 1. The first-order valence-electron chi connectivity index (χ1n) is 8.46. The highest BCUT2D eigenvalue weighted by Crippen LogP contribution is 2.24. The third-order valence-corrected chi connectivity index (χ3v) is 3.87. The monoisotopic (exact) mass is 341 g/mol. The van der Waals surface area contributed by atoms with Crippen LogP contribution in [0.3, 0.4) is 0 Å². The number of carbonyl (C=O) groups is 1. The highest BCUT2D eigenvalue weighted by Gasteiger charge is 2.08. The van der Waals surface area contributed by atoms with Crippen molar-refractivity contribution in [3.8, 4) is 11.1 Å². The van der Waals surface area contributed by atoms with Crippen molar-refractivity contribution in [3.05, 3.63) is 59.7 Å². The molecule has 0 spiro atoms. The molecule has 0 aromatic heterocycles. The summed E-state index contributed by atoms with van der Waals surface area (Å²) in [5.74, 6) is 0. The number of nitrogens with one attached hydrogen (secondary N) is 2. The Morgan fingerprint density at radius 1 is 1.12 bits per heavy atom. The number of hydrogen-bond donors (Lipinski definition) is 3. The zero-order valence-electron chi connectivity index (χ0n) is 15.1. The summed E-state index contributed by atoms with van der Waals surface area (Å²) in [4.78, 5) is 14.0. The number of aliphatic hydroxyl groups is 1. The first-order chi connectivity index (χ1) is 12.0. The Balaban J connectivity index is 2.08. The molecule has 0 saturated carbocycles. The van der Waals surface area contributed by atoms with Crippen molar-refractivity contribution in [1.29, 1.82) is 0 Å². The summed E-state index contributed by atoms with van der Waals surface area (Å²) in [5, 5.41) is 14.5. The van der Waals surface area contributed by atoms with E-state index in [1.807, 2.05) is 18.2 Å². The van der Waals surface area contributed by atoms with Crippen LogP contribution in [0.4, 0.5) is 4.79 Å². The number of amides is 2. The quantitative estimate of drug-likeness (QED) is 0.725. The molecule has 3 N–H and O–H groups in total. The minimum Gasteiger partial charge on any atom is -0.394 e. The van der Waals surface area contributed by atoms with Crippen LogP contribution < -0.4 is 10.6 Å². The second kappa shape index (κ2) is 9.20. The summed E-state index contributed by atoms with van der Waals surface area (Å²) in [5.41, 5.74) is 4.55. The van der Waals surface area contributed by atoms with Gasteiger partial charge in [0.2, 0.25) is 0 Å². The first kappa shape index (κ1) is 19.0. The third kappa shape index (κ3) is 5.89. The van der Waals surface area contributed by atoms with Crippen molar-refractivity contribution in [2.24, 2.45) is 0 Å². The summed E-state index contributed by atoms with van der Waals surface area (Å²) in [6.07, 6.45) is 0. The van der Waals surface area contributed by atoms with E-state index in [1.165, 1.54) is 5.56 Å². The molecule has 0 aliphatic carbocycles. The smallest absolute Gasteiger partial charge is 0.315 e. The number of carbonyl (C=O) groups excluding carboxylic acids is 1. The van der Waals surface area contributed by atoms with E-state index < -0.39 is 0 Å². The lowest BCUT2D eigenvalue weighted by Crippen LogP contribution is -2.42. The Morgan fingerprint density at radius 3 is 2.44 bits per heavy atom. The van der Waals surface area contributed by atoms with Crippen molar-refractivity contribution in [1.82, 2.24) is 15.5 Å². The number of benzene rings is 2. The zero-order valence-corrected chi connectivity index (χ0v) is 15.1. The Kier molecular flexibility index (Phi) is 6.98. The van der Waals surface area contributed by atoms with Gasteiger partial charge in [-0.15, -0.1) is 0 Å². The van der Waals surface area contributed by atoms with E-state index in [0.717, 1.165) is 23.2 Å². The van der Waals surface area contributed by atoms with Crippen LogP contribution in [0.15, 0.2) is 48.5 Å². The van der Waals surface area contributed by atoms with Crippen molar-refractivity contribution in [3.63, 3.8) is 0 Å². The molecule has 2 rings (SSSR count). The molecule has 1 unspecified atom stereocenters. The average Bonchev–Trinajstić information content (AvgIpc) is 2.60. The van der Waals surface area contributed by atoms with E-state index in [9.17, 15) is 4.79 Å². The Bertz CT molecular complexity index is 684. The number of urea groups is 1. The second-order valence-electron chi connectivity index (χ2n) is 6.50. The fourth-order valence-electron chi connectivity index (χ4n) is 2.61. The van der Waals surface area contributed by atoms with Crippen molar-refractivity contribution >= 4 is 6.03 Å². The summed E-state index contributed by atoms with van der Waals surface area (Å²) in [6, 6.07) is 16.0. The SMILES string of the molecule is CC(CO)NC(=O)NCc1ccccc1-c1ccc(CN(C)C)cc1.